The molecule has 0 atom stereocenters. The molecule has 0 radical (unpaired) electrons. The van der Waals surface area contributed by atoms with E-state index in [4.69, 9.17) is 0 Å². The van der Waals surface area contributed by atoms with Crippen molar-refractivity contribution in [2.24, 2.45) is 0 Å². The molecule has 3 nitrogen and oxygen atoms in total. The maximum absolute atomic E-state index is 10.9. The second-order valence-corrected chi connectivity index (χ2v) is 3.31. The van der Waals surface area contributed by atoms with Crippen LogP contribution in [0.3, 0.4) is 0 Å². The molecule has 0 saturated carbocycles. The fourth-order valence-electron chi connectivity index (χ4n) is 1.41. The lowest BCUT2D eigenvalue weighted by Crippen LogP contribution is -2.12. The predicted molar refractivity (Wildman–Crippen MR) is 61.6 cm³/mol. The average molecular weight is 200 g/mol. The van der Waals surface area contributed by atoms with Gasteiger partial charge in [0.2, 0.25) is 5.56 Å². The highest BCUT2D eigenvalue weighted by Gasteiger charge is 2.01. The van der Waals surface area contributed by atoms with Gasteiger partial charge in [-0.15, -0.1) is 0 Å². The number of hydrogen-bond acceptors (Lipinski definition) is 2. The summed E-state index contributed by atoms with van der Waals surface area (Å²) in [4.78, 5) is 15.6. The third kappa shape index (κ3) is 2.07. The summed E-state index contributed by atoms with van der Waals surface area (Å²) in [6.45, 7) is 0. The van der Waals surface area contributed by atoms with Gasteiger partial charge < -0.3 is 9.88 Å². The van der Waals surface area contributed by atoms with Crippen LogP contribution in [0.5, 0.6) is 0 Å². The minimum absolute atomic E-state index is 0.0831. The molecule has 2 rings (SSSR count). The topological polar surface area (TPSA) is 36.1 Å². The number of benzene rings is 1. The van der Waals surface area contributed by atoms with Crippen molar-refractivity contribution >= 4 is 11.4 Å². The van der Waals surface area contributed by atoms with Gasteiger partial charge in [0.05, 0.1) is 5.69 Å². The van der Waals surface area contributed by atoms with Crippen molar-refractivity contribution < 1.29 is 0 Å². The van der Waals surface area contributed by atoms with Gasteiger partial charge in [0.25, 0.3) is 0 Å². The van der Waals surface area contributed by atoms with Gasteiger partial charge in [0.15, 0.2) is 0 Å². The molecule has 1 heterocycles. The van der Waals surface area contributed by atoms with E-state index >= 15 is 0 Å². The molecule has 0 aliphatic carbocycles. The second kappa shape index (κ2) is 4.00. The lowest BCUT2D eigenvalue weighted by Gasteiger charge is -2.18. The number of nitrogens with zero attached hydrogens (tertiary/aromatic N) is 1. The average Bonchev–Trinajstić information content (AvgIpc) is 2.30. The van der Waals surface area contributed by atoms with Crippen molar-refractivity contribution in [3.8, 4) is 0 Å². The van der Waals surface area contributed by atoms with E-state index in [0.717, 1.165) is 11.4 Å². The number of para-hydroxylation sites is 1. The standard InChI is InChI=1S/C12H12N2O/c1-14(10-5-3-2-4-6-10)11-7-8-12(15)13-9-11/h2-9H,1H3,(H,13,15). The van der Waals surface area contributed by atoms with Gasteiger partial charge in [-0.2, -0.15) is 0 Å². The summed E-state index contributed by atoms with van der Waals surface area (Å²) >= 11 is 0. The van der Waals surface area contributed by atoms with E-state index in [0.29, 0.717) is 0 Å². The fraction of sp³-hybridized carbons (Fsp3) is 0.0833. The molecule has 1 N–H and O–H groups in total. The monoisotopic (exact) mass is 200 g/mol. The molecule has 0 bridgehead atoms. The van der Waals surface area contributed by atoms with Gasteiger partial charge in [-0.3, -0.25) is 4.79 Å². The van der Waals surface area contributed by atoms with Crippen molar-refractivity contribution in [2.45, 2.75) is 0 Å². The molecule has 2 aromatic rings. The van der Waals surface area contributed by atoms with Gasteiger partial charge in [0, 0.05) is 25.0 Å². The Hall–Kier alpha value is -2.03. The predicted octanol–water partition coefficient (Wildman–Crippen LogP) is 2.14. The van der Waals surface area contributed by atoms with Gasteiger partial charge >= 0.3 is 0 Å². The number of hydrogen-bond donors (Lipinski definition) is 1. The first kappa shape index (κ1) is 9.52. The largest absolute Gasteiger partial charge is 0.343 e. The van der Waals surface area contributed by atoms with Crippen molar-refractivity contribution in [3.05, 3.63) is 59.0 Å². The normalized spacial score (nSPS) is 9.93. The van der Waals surface area contributed by atoms with Crippen LogP contribution >= 0.6 is 0 Å². The lowest BCUT2D eigenvalue weighted by molar-refractivity contribution is 1.15. The first-order valence-corrected chi connectivity index (χ1v) is 4.75. The third-order valence-corrected chi connectivity index (χ3v) is 2.30. The van der Waals surface area contributed by atoms with E-state index in [9.17, 15) is 4.79 Å². The summed E-state index contributed by atoms with van der Waals surface area (Å²) in [5, 5.41) is 0. The molecule has 0 spiro atoms. The van der Waals surface area contributed by atoms with Crippen LogP contribution in [0.2, 0.25) is 0 Å². The Bertz CT molecular complexity index is 470. The Balaban J connectivity index is 2.32. The zero-order valence-corrected chi connectivity index (χ0v) is 8.47. The highest BCUT2D eigenvalue weighted by Crippen LogP contribution is 2.20. The SMILES string of the molecule is CN(c1ccccc1)c1ccc(=O)[nH]c1. The Morgan fingerprint density at radius 3 is 2.33 bits per heavy atom. The number of aromatic nitrogens is 1. The summed E-state index contributed by atoms with van der Waals surface area (Å²) in [7, 11) is 1.96. The number of anilines is 2. The summed E-state index contributed by atoms with van der Waals surface area (Å²) in [5.74, 6) is 0. The van der Waals surface area contributed by atoms with Crippen molar-refractivity contribution in [1.29, 1.82) is 0 Å². The molecule has 0 amide bonds. The number of pyridine rings is 1. The molecule has 15 heavy (non-hydrogen) atoms. The zero-order valence-electron chi connectivity index (χ0n) is 8.47. The maximum Gasteiger partial charge on any atom is 0.248 e. The summed E-state index contributed by atoms with van der Waals surface area (Å²) in [6, 6.07) is 13.3. The van der Waals surface area contributed by atoms with Crippen molar-refractivity contribution in [2.75, 3.05) is 11.9 Å². The van der Waals surface area contributed by atoms with Crippen LogP contribution in [0.25, 0.3) is 0 Å². The first-order valence-electron chi connectivity index (χ1n) is 4.75. The van der Waals surface area contributed by atoms with Crippen molar-refractivity contribution in [3.63, 3.8) is 0 Å². The summed E-state index contributed by atoms with van der Waals surface area (Å²) < 4.78 is 0. The van der Waals surface area contributed by atoms with Crippen LogP contribution in [0, 0.1) is 0 Å². The molecule has 0 unspecified atom stereocenters. The zero-order chi connectivity index (χ0) is 10.7. The van der Waals surface area contributed by atoms with Gasteiger partial charge in [-0.25, -0.2) is 0 Å². The summed E-state index contributed by atoms with van der Waals surface area (Å²) in [6.07, 6.45) is 1.70. The third-order valence-electron chi connectivity index (χ3n) is 2.30. The second-order valence-electron chi connectivity index (χ2n) is 3.31. The quantitative estimate of drug-likeness (QED) is 0.806. The molecule has 0 saturated heterocycles. The lowest BCUT2D eigenvalue weighted by atomic mass is 10.3. The Morgan fingerprint density at radius 1 is 1.00 bits per heavy atom. The fourth-order valence-corrected chi connectivity index (χ4v) is 1.41. The van der Waals surface area contributed by atoms with Crippen LogP contribution in [-0.2, 0) is 0 Å². The van der Waals surface area contributed by atoms with E-state index in [-0.39, 0.29) is 5.56 Å². The van der Waals surface area contributed by atoms with Crippen LogP contribution in [-0.4, -0.2) is 12.0 Å². The molecule has 3 heteroatoms. The molecule has 0 fully saturated rings. The van der Waals surface area contributed by atoms with Gasteiger partial charge in [-0.1, -0.05) is 18.2 Å². The van der Waals surface area contributed by atoms with Gasteiger partial charge in [0.1, 0.15) is 0 Å². The van der Waals surface area contributed by atoms with Crippen LogP contribution in [0.4, 0.5) is 11.4 Å². The Labute approximate surface area is 88.0 Å². The maximum atomic E-state index is 10.9. The van der Waals surface area contributed by atoms with Crippen LogP contribution < -0.4 is 10.5 Å². The molecule has 76 valence electrons. The van der Waals surface area contributed by atoms with E-state index in [1.807, 2.05) is 42.3 Å². The first-order chi connectivity index (χ1) is 7.27. The molecular formula is C12H12N2O. The number of rotatable bonds is 2. The van der Waals surface area contributed by atoms with E-state index in [1.165, 1.54) is 6.07 Å². The van der Waals surface area contributed by atoms with E-state index < -0.39 is 0 Å². The van der Waals surface area contributed by atoms with E-state index in [1.54, 1.807) is 12.3 Å². The smallest absolute Gasteiger partial charge is 0.248 e. The minimum Gasteiger partial charge on any atom is -0.343 e. The van der Waals surface area contributed by atoms with E-state index in [2.05, 4.69) is 4.98 Å². The highest BCUT2D eigenvalue weighted by atomic mass is 16.1. The molecule has 1 aromatic heterocycles. The highest BCUT2D eigenvalue weighted by molar-refractivity contribution is 5.60. The molecular weight excluding hydrogens is 188 g/mol. The number of nitrogens with one attached hydrogen (secondary N) is 1. The molecule has 0 aliphatic heterocycles. The summed E-state index contributed by atoms with van der Waals surface area (Å²) in [5.41, 5.74) is 1.96. The number of H-pyrrole nitrogens is 1. The minimum atomic E-state index is -0.0831. The Morgan fingerprint density at radius 2 is 1.73 bits per heavy atom. The molecule has 0 aliphatic rings. The number of aromatic amines is 1. The van der Waals surface area contributed by atoms with Crippen LogP contribution in [0.15, 0.2) is 53.5 Å². The van der Waals surface area contributed by atoms with Crippen LogP contribution in [0.1, 0.15) is 0 Å². The Kier molecular flexibility index (Phi) is 2.54. The molecule has 1 aromatic carbocycles. The van der Waals surface area contributed by atoms with Crippen molar-refractivity contribution in [1.82, 2.24) is 4.98 Å². The van der Waals surface area contributed by atoms with Gasteiger partial charge in [-0.05, 0) is 18.2 Å².